The van der Waals surface area contributed by atoms with Gasteiger partial charge in [-0.25, -0.2) is 4.79 Å². The maximum absolute atomic E-state index is 12.6. The minimum absolute atomic E-state index is 0.0264. The highest BCUT2D eigenvalue weighted by Gasteiger charge is 2.32. The second-order valence-electron chi connectivity index (χ2n) is 7.06. The maximum atomic E-state index is 12.6. The second kappa shape index (κ2) is 6.20. The van der Waals surface area contributed by atoms with E-state index in [1.54, 1.807) is 12.1 Å². The number of quaternary nitrogens is 1. The summed E-state index contributed by atoms with van der Waals surface area (Å²) < 4.78 is 0. The largest absolute Gasteiger partial charge is 0.324 e. The van der Waals surface area contributed by atoms with Crippen LogP contribution in [-0.4, -0.2) is 35.0 Å². The van der Waals surface area contributed by atoms with Gasteiger partial charge in [-0.05, 0) is 31.5 Å². The molecule has 4 N–H and O–H groups in total. The molecule has 1 saturated heterocycles. The van der Waals surface area contributed by atoms with Crippen molar-refractivity contribution >= 4 is 22.6 Å². The maximum Gasteiger partial charge on any atom is 0.323 e. The molecular formula is C17H25N4O2+. The van der Waals surface area contributed by atoms with Gasteiger partial charge < -0.3 is 20.2 Å². The van der Waals surface area contributed by atoms with E-state index in [1.165, 1.54) is 11.3 Å². The highest BCUT2D eigenvalue weighted by Crippen LogP contribution is 2.15. The fraction of sp³-hybridized carbons (Fsp3) is 0.529. The second-order valence-corrected chi connectivity index (χ2v) is 7.06. The van der Waals surface area contributed by atoms with Crippen molar-refractivity contribution in [3.8, 4) is 0 Å². The average Bonchev–Trinajstić information content (AvgIpc) is 2.84. The molecule has 2 heterocycles. The van der Waals surface area contributed by atoms with Crippen LogP contribution in [0, 0.1) is 11.8 Å². The van der Waals surface area contributed by atoms with Crippen molar-refractivity contribution < 1.29 is 9.69 Å². The van der Waals surface area contributed by atoms with E-state index in [0.29, 0.717) is 23.0 Å². The number of H-pyrrole nitrogens is 2. The Morgan fingerprint density at radius 1 is 1.22 bits per heavy atom. The number of carbonyl (C=O) groups is 1. The normalized spacial score (nSPS) is 26.1. The molecule has 0 unspecified atom stereocenters. The number of rotatable bonds is 3. The van der Waals surface area contributed by atoms with Gasteiger partial charge in [0, 0.05) is 17.5 Å². The number of amides is 1. The molecule has 124 valence electrons. The monoisotopic (exact) mass is 317 g/mol. The minimum atomic E-state index is -0.238. The van der Waals surface area contributed by atoms with Crippen molar-refractivity contribution in [2.24, 2.45) is 11.8 Å². The molecule has 0 saturated carbocycles. The molecule has 1 aromatic carbocycles. The summed E-state index contributed by atoms with van der Waals surface area (Å²) in [6, 6.07) is 5.31. The molecule has 3 atom stereocenters. The topological polar surface area (TPSA) is 82.2 Å². The standard InChI is InChI=1S/C17H24N4O2/c1-10-6-11(2)9-21(8-10)12(3)16(22)18-13-4-5-14-15(7-13)20-17(23)19-14/h4-5,7,10-12H,6,8-9H2,1-3H3,(H,18,22)(H2,19,20,23)/p+1/t10-,11-,12-/m0/s1. The molecule has 1 aliphatic rings. The van der Waals surface area contributed by atoms with Gasteiger partial charge in [0.15, 0.2) is 6.04 Å². The molecular weight excluding hydrogens is 292 g/mol. The number of hydrogen-bond donors (Lipinski definition) is 4. The Labute approximate surface area is 135 Å². The predicted octanol–water partition coefficient (Wildman–Crippen LogP) is 0.744. The Morgan fingerprint density at radius 2 is 1.87 bits per heavy atom. The van der Waals surface area contributed by atoms with Crippen LogP contribution in [0.4, 0.5) is 5.69 Å². The first kappa shape index (κ1) is 15.8. The van der Waals surface area contributed by atoms with Crippen LogP contribution in [0.15, 0.2) is 23.0 Å². The van der Waals surface area contributed by atoms with Crippen molar-refractivity contribution in [1.82, 2.24) is 9.97 Å². The number of likely N-dealkylation sites (tertiary alicyclic amines) is 1. The lowest BCUT2D eigenvalue weighted by atomic mass is 9.91. The average molecular weight is 317 g/mol. The van der Waals surface area contributed by atoms with Crippen LogP contribution in [0.3, 0.4) is 0 Å². The van der Waals surface area contributed by atoms with Crippen molar-refractivity contribution in [3.05, 3.63) is 28.7 Å². The summed E-state index contributed by atoms with van der Waals surface area (Å²) in [4.78, 5) is 30.6. The fourth-order valence-electron chi connectivity index (χ4n) is 3.73. The number of fused-ring (bicyclic) bond motifs is 1. The predicted molar refractivity (Wildman–Crippen MR) is 90.7 cm³/mol. The highest BCUT2D eigenvalue weighted by molar-refractivity contribution is 5.95. The van der Waals surface area contributed by atoms with Gasteiger partial charge in [-0.3, -0.25) is 4.79 Å². The molecule has 0 radical (unpaired) electrons. The first-order valence-corrected chi connectivity index (χ1v) is 8.30. The van der Waals surface area contributed by atoms with Gasteiger partial charge in [-0.1, -0.05) is 13.8 Å². The van der Waals surface area contributed by atoms with Crippen molar-refractivity contribution in [2.75, 3.05) is 18.4 Å². The van der Waals surface area contributed by atoms with Crippen LogP contribution in [0.25, 0.3) is 11.0 Å². The zero-order valence-electron chi connectivity index (χ0n) is 13.9. The summed E-state index contributed by atoms with van der Waals surface area (Å²) >= 11 is 0. The lowest BCUT2D eigenvalue weighted by Crippen LogP contribution is -3.18. The van der Waals surface area contributed by atoms with Crippen LogP contribution in [-0.2, 0) is 4.79 Å². The third kappa shape index (κ3) is 3.47. The summed E-state index contributed by atoms with van der Waals surface area (Å²) in [5.41, 5.74) is 1.91. The molecule has 0 bridgehead atoms. The smallest absolute Gasteiger partial charge is 0.323 e. The van der Waals surface area contributed by atoms with Crippen molar-refractivity contribution in [1.29, 1.82) is 0 Å². The molecule has 3 rings (SSSR count). The van der Waals surface area contributed by atoms with E-state index in [0.717, 1.165) is 18.6 Å². The molecule has 1 aliphatic heterocycles. The molecule has 1 fully saturated rings. The number of aromatic amines is 2. The molecule has 0 spiro atoms. The number of benzene rings is 1. The van der Waals surface area contributed by atoms with E-state index in [9.17, 15) is 9.59 Å². The third-order valence-electron chi connectivity index (χ3n) is 4.82. The Bertz CT molecular complexity index is 753. The number of hydrogen-bond acceptors (Lipinski definition) is 2. The van der Waals surface area contributed by atoms with Gasteiger partial charge in [0.05, 0.1) is 24.1 Å². The lowest BCUT2D eigenvalue weighted by Gasteiger charge is -2.35. The van der Waals surface area contributed by atoms with Gasteiger partial charge >= 0.3 is 5.69 Å². The Morgan fingerprint density at radius 3 is 2.57 bits per heavy atom. The summed E-state index contributed by atoms with van der Waals surface area (Å²) in [5, 5.41) is 2.97. The Hall–Kier alpha value is -2.08. The number of nitrogens with one attached hydrogen (secondary N) is 4. The van der Waals surface area contributed by atoms with E-state index < -0.39 is 0 Å². The van der Waals surface area contributed by atoms with Gasteiger partial charge in [0.1, 0.15) is 0 Å². The van der Waals surface area contributed by atoms with Gasteiger partial charge in [-0.15, -0.1) is 0 Å². The molecule has 6 nitrogen and oxygen atoms in total. The first-order chi connectivity index (χ1) is 10.9. The van der Waals surface area contributed by atoms with Crippen LogP contribution in [0.5, 0.6) is 0 Å². The number of anilines is 1. The van der Waals surface area contributed by atoms with E-state index in [4.69, 9.17) is 0 Å². The number of carbonyl (C=O) groups excluding carboxylic acids is 1. The number of imidazole rings is 1. The molecule has 1 aromatic heterocycles. The van der Waals surface area contributed by atoms with E-state index >= 15 is 0 Å². The van der Waals surface area contributed by atoms with Crippen LogP contribution in [0.1, 0.15) is 27.2 Å². The number of piperidine rings is 1. The summed E-state index contributed by atoms with van der Waals surface area (Å²) in [7, 11) is 0. The fourth-order valence-corrected chi connectivity index (χ4v) is 3.73. The molecule has 6 heteroatoms. The van der Waals surface area contributed by atoms with Gasteiger partial charge in [0.2, 0.25) is 0 Å². The summed E-state index contributed by atoms with van der Waals surface area (Å²) in [6.07, 6.45) is 1.25. The first-order valence-electron chi connectivity index (χ1n) is 8.30. The van der Waals surface area contributed by atoms with Crippen LogP contribution in [0.2, 0.25) is 0 Å². The zero-order chi connectivity index (χ0) is 16.6. The SMILES string of the molecule is C[C@H]1C[C@H](C)C[NH+]([C@@H](C)C(=O)Nc2ccc3[nH]c(=O)[nH]c3c2)C1. The summed E-state index contributed by atoms with van der Waals surface area (Å²) in [6.45, 7) is 8.60. The minimum Gasteiger partial charge on any atom is -0.324 e. The third-order valence-corrected chi connectivity index (χ3v) is 4.82. The van der Waals surface area contributed by atoms with Crippen LogP contribution >= 0.6 is 0 Å². The van der Waals surface area contributed by atoms with Crippen molar-refractivity contribution in [2.45, 2.75) is 33.2 Å². The van der Waals surface area contributed by atoms with E-state index in [1.807, 2.05) is 13.0 Å². The molecule has 2 aromatic rings. The van der Waals surface area contributed by atoms with Gasteiger partial charge in [-0.2, -0.15) is 0 Å². The van der Waals surface area contributed by atoms with E-state index in [-0.39, 0.29) is 17.6 Å². The molecule has 0 aliphatic carbocycles. The lowest BCUT2D eigenvalue weighted by molar-refractivity contribution is -0.925. The van der Waals surface area contributed by atoms with Crippen molar-refractivity contribution in [3.63, 3.8) is 0 Å². The summed E-state index contributed by atoms with van der Waals surface area (Å²) in [5.74, 6) is 1.34. The van der Waals surface area contributed by atoms with Gasteiger partial charge in [0.25, 0.3) is 5.91 Å². The molecule has 23 heavy (non-hydrogen) atoms. The quantitative estimate of drug-likeness (QED) is 0.673. The highest BCUT2D eigenvalue weighted by atomic mass is 16.2. The number of aromatic nitrogens is 2. The Kier molecular flexibility index (Phi) is 4.26. The van der Waals surface area contributed by atoms with Crippen LogP contribution < -0.4 is 15.9 Å². The molecule has 1 amide bonds. The zero-order valence-corrected chi connectivity index (χ0v) is 13.9. The Balaban J connectivity index is 1.70. The van der Waals surface area contributed by atoms with E-state index in [2.05, 4.69) is 29.1 Å².